The third-order valence-corrected chi connectivity index (χ3v) is 5.55. The molecule has 20 heavy (non-hydrogen) atoms. The maximum absolute atomic E-state index is 11.8. The van der Waals surface area contributed by atoms with Gasteiger partial charge in [0.2, 0.25) is 0 Å². The highest BCUT2D eigenvalue weighted by Gasteiger charge is 2.53. The number of hydrogen-bond donors (Lipinski definition) is 1. The van der Waals surface area contributed by atoms with E-state index >= 15 is 0 Å². The molecule has 2 aliphatic rings. The summed E-state index contributed by atoms with van der Waals surface area (Å²) >= 11 is 0. The van der Waals surface area contributed by atoms with Gasteiger partial charge in [-0.25, -0.2) is 0 Å². The standard InChI is InChI=1S/C15H28NO3.BrH/c1-10(2)16(4)12-5-6-13(16)8-14(7-12)19-15(18)11(3)9-17;/h10-14,17H,5-9H2,1-4H3;1H/q+1;/p-1. The van der Waals surface area contributed by atoms with Gasteiger partial charge in [0, 0.05) is 25.7 Å². The number of carbonyl (C=O) groups excluding carboxylic acids is 1. The number of hydrogen-bond acceptors (Lipinski definition) is 3. The molecule has 0 radical (unpaired) electrons. The number of aliphatic hydroxyl groups is 1. The van der Waals surface area contributed by atoms with Crippen LogP contribution in [0.1, 0.15) is 46.5 Å². The van der Waals surface area contributed by atoms with Crippen LogP contribution in [0.2, 0.25) is 0 Å². The summed E-state index contributed by atoms with van der Waals surface area (Å²) in [5.74, 6) is -0.641. The van der Waals surface area contributed by atoms with Crippen molar-refractivity contribution in [2.75, 3.05) is 13.7 Å². The van der Waals surface area contributed by atoms with Gasteiger partial charge in [-0.2, -0.15) is 0 Å². The van der Waals surface area contributed by atoms with Crippen LogP contribution in [0, 0.1) is 5.92 Å². The fourth-order valence-electron chi connectivity index (χ4n) is 3.93. The van der Waals surface area contributed by atoms with Crippen molar-refractivity contribution < 1.29 is 36.1 Å². The highest BCUT2D eigenvalue weighted by atomic mass is 79.9. The minimum absolute atomic E-state index is 0. The van der Waals surface area contributed by atoms with E-state index in [-0.39, 0.29) is 35.7 Å². The molecule has 4 nitrogen and oxygen atoms in total. The molecular formula is C15H28BrNO3. The van der Waals surface area contributed by atoms with Crippen LogP contribution in [-0.4, -0.2) is 53.4 Å². The molecule has 0 aliphatic carbocycles. The average Bonchev–Trinajstić information content (AvgIpc) is 2.57. The zero-order chi connectivity index (χ0) is 14.2. The fourth-order valence-corrected chi connectivity index (χ4v) is 3.93. The van der Waals surface area contributed by atoms with E-state index in [4.69, 9.17) is 9.84 Å². The van der Waals surface area contributed by atoms with Crippen molar-refractivity contribution in [3.8, 4) is 0 Å². The Morgan fingerprint density at radius 2 is 1.75 bits per heavy atom. The topological polar surface area (TPSA) is 46.5 Å². The monoisotopic (exact) mass is 349 g/mol. The van der Waals surface area contributed by atoms with Crippen LogP contribution < -0.4 is 17.0 Å². The summed E-state index contributed by atoms with van der Waals surface area (Å²) in [5, 5.41) is 9.00. The van der Waals surface area contributed by atoms with Crippen LogP contribution in [0.15, 0.2) is 0 Å². The number of aliphatic hydroxyl groups excluding tert-OH is 1. The summed E-state index contributed by atoms with van der Waals surface area (Å²) < 4.78 is 6.73. The summed E-state index contributed by atoms with van der Waals surface area (Å²) in [7, 11) is 2.36. The summed E-state index contributed by atoms with van der Waals surface area (Å²) in [6, 6.07) is 1.88. The molecule has 118 valence electrons. The van der Waals surface area contributed by atoms with Gasteiger partial charge in [0.25, 0.3) is 0 Å². The lowest BCUT2D eigenvalue weighted by Crippen LogP contribution is -3.00. The summed E-state index contributed by atoms with van der Waals surface area (Å²) in [4.78, 5) is 11.8. The first kappa shape index (κ1) is 17.9. The number of piperidine rings is 1. The van der Waals surface area contributed by atoms with Crippen molar-refractivity contribution in [2.24, 2.45) is 5.92 Å². The summed E-state index contributed by atoms with van der Waals surface area (Å²) in [5.41, 5.74) is 0. The molecule has 3 atom stereocenters. The third-order valence-electron chi connectivity index (χ3n) is 5.55. The third kappa shape index (κ3) is 3.04. The van der Waals surface area contributed by atoms with E-state index in [1.54, 1.807) is 6.92 Å². The quantitative estimate of drug-likeness (QED) is 0.507. The Kier molecular flexibility index (Phi) is 6.05. The average molecular weight is 350 g/mol. The van der Waals surface area contributed by atoms with Gasteiger partial charge in [0.15, 0.2) is 0 Å². The van der Waals surface area contributed by atoms with Gasteiger partial charge in [-0.3, -0.25) is 4.79 Å². The smallest absolute Gasteiger partial charge is 0.311 e. The minimum Gasteiger partial charge on any atom is -1.00 e. The number of fused-ring (bicyclic) bond motifs is 2. The predicted octanol–water partition coefficient (Wildman–Crippen LogP) is -1.29. The lowest BCUT2D eigenvalue weighted by molar-refractivity contribution is -0.968. The molecule has 2 rings (SSSR count). The summed E-state index contributed by atoms with van der Waals surface area (Å²) in [6.45, 7) is 6.18. The lowest BCUT2D eigenvalue weighted by Gasteiger charge is -2.49. The van der Waals surface area contributed by atoms with E-state index in [1.807, 2.05) is 0 Å². The molecule has 2 fully saturated rings. The first-order valence-electron chi connectivity index (χ1n) is 7.56. The Bertz CT molecular complexity index is 334. The second kappa shape index (κ2) is 6.75. The Morgan fingerprint density at radius 1 is 1.25 bits per heavy atom. The molecule has 1 N–H and O–H groups in total. The number of nitrogens with zero attached hydrogens (tertiary/aromatic N) is 1. The number of carbonyl (C=O) groups is 1. The first-order valence-corrected chi connectivity index (χ1v) is 7.56. The van der Waals surface area contributed by atoms with E-state index in [2.05, 4.69) is 20.9 Å². The van der Waals surface area contributed by atoms with Crippen molar-refractivity contribution in [1.82, 2.24) is 0 Å². The van der Waals surface area contributed by atoms with Crippen LogP contribution in [0.4, 0.5) is 0 Å². The number of esters is 1. The maximum Gasteiger partial charge on any atom is 0.311 e. The van der Waals surface area contributed by atoms with Gasteiger partial charge in [-0.1, -0.05) is 0 Å². The molecule has 2 bridgehead atoms. The highest BCUT2D eigenvalue weighted by Crippen LogP contribution is 2.43. The second-order valence-electron chi connectivity index (χ2n) is 6.81. The lowest BCUT2D eigenvalue weighted by atomic mass is 9.94. The molecule has 0 spiro atoms. The van der Waals surface area contributed by atoms with E-state index in [9.17, 15) is 4.79 Å². The molecule has 5 heteroatoms. The Balaban J connectivity index is 0.00000200. The SMILES string of the molecule is CC(CO)C(=O)OC1CC2CCC(C1)[N+]2(C)C(C)C.[Br-]. The van der Waals surface area contributed by atoms with Gasteiger partial charge in [-0.05, 0) is 20.8 Å². The first-order chi connectivity index (χ1) is 8.89. The van der Waals surface area contributed by atoms with Crippen LogP contribution in [-0.2, 0) is 9.53 Å². The van der Waals surface area contributed by atoms with Gasteiger partial charge in [0.1, 0.15) is 6.10 Å². The van der Waals surface area contributed by atoms with Gasteiger partial charge in [0.05, 0.1) is 37.7 Å². The normalized spacial score (nSPS) is 37.4. The number of rotatable bonds is 4. The van der Waals surface area contributed by atoms with Crippen molar-refractivity contribution in [1.29, 1.82) is 0 Å². The van der Waals surface area contributed by atoms with E-state index in [1.165, 1.54) is 12.8 Å². The summed E-state index contributed by atoms with van der Waals surface area (Å²) in [6.07, 6.45) is 4.53. The van der Waals surface area contributed by atoms with Crippen LogP contribution in [0.25, 0.3) is 0 Å². The van der Waals surface area contributed by atoms with Crippen LogP contribution >= 0.6 is 0 Å². The Hall–Kier alpha value is -0.130. The highest BCUT2D eigenvalue weighted by molar-refractivity contribution is 5.72. The molecule has 2 aliphatic heterocycles. The molecule has 0 aromatic heterocycles. The van der Waals surface area contributed by atoms with Crippen molar-refractivity contribution in [2.45, 2.75) is 70.7 Å². The Morgan fingerprint density at radius 3 is 2.15 bits per heavy atom. The molecule has 2 heterocycles. The second-order valence-corrected chi connectivity index (χ2v) is 6.81. The van der Waals surface area contributed by atoms with Gasteiger partial charge < -0.3 is 31.3 Å². The largest absolute Gasteiger partial charge is 1.00 e. The van der Waals surface area contributed by atoms with Crippen molar-refractivity contribution in [3.05, 3.63) is 0 Å². The Labute approximate surface area is 132 Å². The zero-order valence-electron chi connectivity index (χ0n) is 13.0. The molecule has 0 amide bonds. The van der Waals surface area contributed by atoms with Gasteiger partial charge in [-0.15, -0.1) is 0 Å². The number of halogens is 1. The molecule has 0 saturated carbocycles. The minimum atomic E-state index is -0.398. The fraction of sp³-hybridized carbons (Fsp3) is 0.933. The number of quaternary nitrogens is 1. The molecule has 0 aromatic carbocycles. The molecule has 2 saturated heterocycles. The molecular weight excluding hydrogens is 322 g/mol. The van der Waals surface area contributed by atoms with Crippen molar-refractivity contribution >= 4 is 5.97 Å². The van der Waals surface area contributed by atoms with Crippen LogP contribution in [0.3, 0.4) is 0 Å². The van der Waals surface area contributed by atoms with E-state index in [0.717, 1.165) is 17.3 Å². The maximum atomic E-state index is 11.8. The predicted molar refractivity (Wildman–Crippen MR) is 73.5 cm³/mol. The molecule has 3 unspecified atom stereocenters. The van der Waals surface area contributed by atoms with Crippen molar-refractivity contribution in [3.63, 3.8) is 0 Å². The zero-order valence-corrected chi connectivity index (χ0v) is 14.6. The van der Waals surface area contributed by atoms with Crippen LogP contribution in [0.5, 0.6) is 0 Å². The van der Waals surface area contributed by atoms with Gasteiger partial charge >= 0.3 is 5.97 Å². The molecule has 0 aromatic rings. The number of ether oxygens (including phenoxy) is 1. The van der Waals surface area contributed by atoms with E-state index in [0.29, 0.717) is 18.1 Å². The van der Waals surface area contributed by atoms with E-state index < -0.39 is 5.92 Å².